The van der Waals surface area contributed by atoms with Crippen molar-refractivity contribution in [1.82, 2.24) is 0 Å². The molecule has 0 spiro atoms. The lowest BCUT2D eigenvalue weighted by atomic mass is 9.76. The molecule has 150 valence electrons. The van der Waals surface area contributed by atoms with Crippen molar-refractivity contribution in [1.29, 1.82) is 0 Å². The van der Waals surface area contributed by atoms with Gasteiger partial charge in [0.2, 0.25) is 0 Å². The average molecular weight is 379 g/mol. The Labute approximate surface area is 170 Å². The topological polar surface area (TPSA) is 26.3 Å². The number of hydrogen-bond donors (Lipinski definition) is 0. The maximum absolute atomic E-state index is 12.6. The van der Waals surface area contributed by atoms with Crippen LogP contribution in [0.4, 0.5) is 0 Å². The molecule has 2 aromatic rings. The summed E-state index contributed by atoms with van der Waals surface area (Å²) in [5, 5.41) is 0. The van der Waals surface area contributed by atoms with Crippen LogP contribution in [0.5, 0.6) is 5.75 Å². The van der Waals surface area contributed by atoms with Gasteiger partial charge in [0.25, 0.3) is 0 Å². The molecule has 1 aliphatic carbocycles. The highest BCUT2D eigenvalue weighted by Gasteiger charge is 2.29. The molecule has 0 aliphatic heterocycles. The van der Waals surface area contributed by atoms with Crippen LogP contribution in [0.15, 0.2) is 48.5 Å². The number of ether oxygens (including phenoxy) is 1. The van der Waals surface area contributed by atoms with Gasteiger partial charge in [0, 0.05) is 12.3 Å². The molecule has 0 aromatic heterocycles. The van der Waals surface area contributed by atoms with Crippen molar-refractivity contribution in [2.45, 2.75) is 71.1 Å². The summed E-state index contributed by atoms with van der Waals surface area (Å²) in [6.45, 7) is 5.20. The second kappa shape index (κ2) is 10.5. The van der Waals surface area contributed by atoms with Crippen LogP contribution in [0.2, 0.25) is 0 Å². The quantitative estimate of drug-likeness (QED) is 0.432. The first-order valence-corrected chi connectivity index (χ1v) is 11.1. The maximum atomic E-state index is 12.6. The summed E-state index contributed by atoms with van der Waals surface area (Å²) in [7, 11) is 0. The van der Waals surface area contributed by atoms with Gasteiger partial charge in [0.15, 0.2) is 0 Å². The Balaban J connectivity index is 1.59. The van der Waals surface area contributed by atoms with Gasteiger partial charge in [-0.05, 0) is 54.0 Å². The number of ketones is 1. The van der Waals surface area contributed by atoms with Gasteiger partial charge in [-0.3, -0.25) is 4.79 Å². The molecule has 0 heterocycles. The van der Waals surface area contributed by atoms with E-state index < -0.39 is 0 Å². The van der Waals surface area contributed by atoms with Crippen molar-refractivity contribution in [3.8, 4) is 16.9 Å². The van der Waals surface area contributed by atoms with Gasteiger partial charge in [-0.1, -0.05) is 75.9 Å². The largest absolute Gasteiger partial charge is 0.494 e. The zero-order chi connectivity index (χ0) is 19.8. The van der Waals surface area contributed by atoms with Crippen LogP contribution in [0, 0.1) is 5.92 Å². The molecule has 0 saturated heterocycles. The van der Waals surface area contributed by atoms with Gasteiger partial charge in [0.1, 0.15) is 11.5 Å². The smallest absolute Gasteiger partial charge is 0.140 e. The van der Waals surface area contributed by atoms with E-state index in [0.717, 1.165) is 31.6 Å². The van der Waals surface area contributed by atoms with Gasteiger partial charge < -0.3 is 4.74 Å². The molecule has 0 bridgehead atoms. The summed E-state index contributed by atoms with van der Waals surface area (Å²) in [6.07, 6.45) is 8.87. The van der Waals surface area contributed by atoms with Crippen LogP contribution in [-0.4, -0.2) is 12.4 Å². The lowest BCUT2D eigenvalue weighted by Gasteiger charge is -2.27. The van der Waals surface area contributed by atoms with Crippen molar-refractivity contribution in [3.63, 3.8) is 0 Å². The third-order valence-corrected chi connectivity index (χ3v) is 5.96. The van der Waals surface area contributed by atoms with E-state index in [0.29, 0.717) is 11.7 Å². The van der Waals surface area contributed by atoms with E-state index in [1.165, 1.54) is 48.8 Å². The fourth-order valence-electron chi connectivity index (χ4n) is 4.29. The summed E-state index contributed by atoms with van der Waals surface area (Å²) in [6, 6.07) is 16.9. The van der Waals surface area contributed by atoms with E-state index in [9.17, 15) is 4.79 Å². The SMILES string of the molecule is CCCCCOc1ccc(-c2ccc([C@@H]3CC[C@@H](CCC)CC3=O)cc2)cc1. The third-order valence-electron chi connectivity index (χ3n) is 5.96. The Hall–Kier alpha value is -2.09. The van der Waals surface area contributed by atoms with Gasteiger partial charge in [0.05, 0.1) is 6.61 Å². The first-order valence-electron chi connectivity index (χ1n) is 11.1. The van der Waals surface area contributed by atoms with Crippen LogP contribution in [0.3, 0.4) is 0 Å². The van der Waals surface area contributed by atoms with E-state index in [1.54, 1.807) is 0 Å². The zero-order valence-corrected chi connectivity index (χ0v) is 17.5. The normalized spacial score (nSPS) is 19.6. The summed E-state index contributed by atoms with van der Waals surface area (Å²) in [5.74, 6) is 2.07. The van der Waals surface area contributed by atoms with E-state index >= 15 is 0 Å². The van der Waals surface area contributed by atoms with Crippen molar-refractivity contribution in [3.05, 3.63) is 54.1 Å². The number of hydrogen-bond acceptors (Lipinski definition) is 2. The molecular formula is C26H34O2. The van der Waals surface area contributed by atoms with Crippen LogP contribution < -0.4 is 4.74 Å². The number of carbonyl (C=O) groups excluding carboxylic acids is 1. The first kappa shape index (κ1) is 20.6. The van der Waals surface area contributed by atoms with E-state index in [4.69, 9.17) is 4.74 Å². The minimum atomic E-state index is 0.0982. The lowest BCUT2D eigenvalue weighted by Crippen LogP contribution is -2.23. The minimum absolute atomic E-state index is 0.0982. The Morgan fingerprint density at radius 2 is 1.54 bits per heavy atom. The second-order valence-electron chi connectivity index (χ2n) is 8.16. The number of unbranched alkanes of at least 4 members (excludes halogenated alkanes) is 2. The molecule has 0 N–H and O–H groups in total. The standard InChI is InChI=1S/C26H34O2/c1-3-5-6-18-28-24-15-13-22(14-16-24)21-9-11-23(12-10-21)25-17-8-20(7-4-2)19-26(25)27/h9-16,20,25H,3-8,17-19H2,1-2H3/t20-,25+/m1/s1. The Morgan fingerprint density at radius 3 is 2.14 bits per heavy atom. The monoisotopic (exact) mass is 378 g/mol. The molecular weight excluding hydrogens is 344 g/mol. The summed E-state index contributed by atoms with van der Waals surface area (Å²) in [4.78, 5) is 12.6. The van der Waals surface area contributed by atoms with Gasteiger partial charge in [-0.25, -0.2) is 0 Å². The molecule has 0 amide bonds. The van der Waals surface area contributed by atoms with Gasteiger partial charge >= 0.3 is 0 Å². The number of rotatable bonds is 9. The van der Waals surface area contributed by atoms with E-state index in [2.05, 4.69) is 50.2 Å². The molecule has 3 rings (SSSR count). The molecule has 2 nitrogen and oxygen atoms in total. The Morgan fingerprint density at radius 1 is 0.857 bits per heavy atom. The first-order chi connectivity index (χ1) is 13.7. The maximum Gasteiger partial charge on any atom is 0.140 e. The van der Waals surface area contributed by atoms with E-state index in [1.807, 2.05) is 12.1 Å². The summed E-state index contributed by atoms with van der Waals surface area (Å²) >= 11 is 0. The molecule has 1 fully saturated rings. The van der Waals surface area contributed by atoms with Gasteiger partial charge in [-0.2, -0.15) is 0 Å². The molecule has 0 unspecified atom stereocenters. The summed E-state index contributed by atoms with van der Waals surface area (Å²) in [5.41, 5.74) is 3.55. The Bertz CT molecular complexity index is 730. The predicted molar refractivity (Wildman–Crippen MR) is 117 cm³/mol. The molecule has 2 aromatic carbocycles. The summed E-state index contributed by atoms with van der Waals surface area (Å²) < 4.78 is 5.80. The highest BCUT2D eigenvalue weighted by atomic mass is 16.5. The zero-order valence-electron chi connectivity index (χ0n) is 17.5. The molecule has 1 aliphatic rings. The highest BCUT2D eigenvalue weighted by molar-refractivity contribution is 5.86. The van der Waals surface area contributed by atoms with Crippen molar-refractivity contribution in [2.24, 2.45) is 5.92 Å². The Kier molecular flexibility index (Phi) is 7.71. The molecule has 1 saturated carbocycles. The molecule has 2 heteroatoms. The molecule has 28 heavy (non-hydrogen) atoms. The van der Waals surface area contributed by atoms with Crippen molar-refractivity contribution in [2.75, 3.05) is 6.61 Å². The van der Waals surface area contributed by atoms with E-state index in [-0.39, 0.29) is 5.92 Å². The van der Waals surface area contributed by atoms with Crippen LogP contribution in [-0.2, 0) is 4.79 Å². The third kappa shape index (κ3) is 5.47. The van der Waals surface area contributed by atoms with Crippen LogP contribution >= 0.6 is 0 Å². The fraction of sp³-hybridized carbons (Fsp3) is 0.500. The molecule has 2 atom stereocenters. The predicted octanol–water partition coefficient (Wildman–Crippen LogP) is 7.18. The van der Waals surface area contributed by atoms with Crippen molar-refractivity contribution >= 4 is 5.78 Å². The highest BCUT2D eigenvalue weighted by Crippen LogP contribution is 2.35. The lowest BCUT2D eigenvalue weighted by molar-refractivity contribution is -0.123. The average Bonchev–Trinajstić information content (AvgIpc) is 2.72. The van der Waals surface area contributed by atoms with Gasteiger partial charge in [-0.15, -0.1) is 0 Å². The second-order valence-corrected chi connectivity index (χ2v) is 8.16. The fourth-order valence-corrected chi connectivity index (χ4v) is 4.29. The van der Waals surface area contributed by atoms with Crippen LogP contribution in [0.1, 0.15) is 76.7 Å². The number of Topliss-reactive ketones (excluding diaryl/α,β-unsaturated/α-hetero) is 1. The number of benzene rings is 2. The number of carbonyl (C=O) groups is 1. The minimum Gasteiger partial charge on any atom is -0.494 e. The van der Waals surface area contributed by atoms with Crippen LogP contribution in [0.25, 0.3) is 11.1 Å². The van der Waals surface area contributed by atoms with Crippen molar-refractivity contribution < 1.29 is 9.53 Å². The molecule has 0 radical (unpaired) electrons.